The van der Waals surface area contributed by atoms with Crippen LogP contribution < -0.4 is 5.32 Å². The van der Waals surface area contributed by atoms with E-state index in [1.165, 1.54) is 7.11 Å². The monoisotopic (exact) mass is 458 g/mol. The van der Waals surface area contributed by atoms with Crippen LogP contribution >= 0.6 is 12.2 Å². The van der Waals surface area contributed by atoms with E-state index in [9.17, 15) is 4.79 Å². The highest BCUT2D eigenvalue weighted by Gasteiger charge is 2.41. The summed E-state index contributed by atoms with van der Waals surface area (Å²) in [6, 6.07) is 20.7. The number of carbonyl (C=O) groups excluding carboxylic acids is 1. The number of methoxy groups -OCH3 is 1. The Hall–Kier alpha value is -3.91. The number of thiocarbonyl (C=S) groups is 1. The highest BCUT2D eigenvalue weighted by Crippen LogP contribution is 2.40. The number of benzene rings is 1. The molecule has 4 aromatic rings. The maximum absolute atomic E-state index is 12.5. The summed E-state index contributed by atoms with van der Waals surface area (Å²) in [5.74, 6) is 0.415. The second-order valence-electron chi connectivity index (χ2n) is 7.65. The number of ether oxygens (including phenoxy) is 1. The van der Waals surface area contributed by atoms with Crippen LogP contribution in [0.3, 0.4) is 0 Å². The molecule has 8 heteroatoms. The van der Waals surface area contributed by atoms with Gasteiger partial charge in [-0.25, -0.2) is 4.79 Å². The first-order valence-electron chi connectivity index (χ1n) is 10.5. The minimum atomic E-state index is -0.390. The molecule has 1 aliphatic rings. The number of furan rings is 1. The molecule has 4 heterocycles. The van der Waals surface area contributed by atoms with Crippen LogP contribution in [0.5, 0.6) is 0 Å². The van der Waals surface area contributed by atoms with Crippen molar-refractivity contribution in [3.05, 3.63) is 108 Å². The molecular weight excluding hydrogens is 436 g/mol. The van der Waals surface area contributed by atoms with Gasteiger partial charge >= 0.3 is 5.97 Å². The van der Waals surface area contributed by atoms with Gasteiger partial charge < -0.3 is 23.9 Å². The fraction of sp³-hybridized carbons (Fsp3) is 0.160. The average molecular weight is 459 g/mol. The van der Waals surface area contributed by atoms with Gasteiger partial charge in [0.1, 0.15) is 5.76 Å². The first-order chi connectivity index (χ1) is 16.2. The summed E-state index contributed by atoms with van der Waals surface area (Å²) >= 11 is 5.75. The predicted octanol–water partition coefficient (Wildman–Crippen LogP) is 4.42. The number of rotatable bonds is 6. The largest absolute Gasteiger partial charge is 0.467 e. The van der Waals surface area contributed by atoms with Crippen molar-refractivity contribution in [1.82, 2.24) is 19.8 Å². The Labute approximate surface area is 196 Å². The second kappa shape index (κ2) is 8.91. The van der Waals surface area contributed by atoms with E-state index in [1.807, 2.05) is 71.4 Å². The van der Waals surface area contributed by atoms with Crippen molar-refractivity contribution in [2.45, 2.75) is 18.6 Å². The molecule has 0 aliphatic carbocycles. The SMILES string of the molecule is COC(=O)c1ccccc1-n1cccc1[C@@H]1[C@@H](c2ccccn2)NC(=S)N1Cc1ccco1. The van der Waals surface area contributed by atoms with E-state index in [2.05, 4.69) is 15.2 Å². The summed E-state index contributed by atoms with van der Waals surface area (Å²) in [7, 11) is 1.39. The zero-order valence-corrected chi connectivity index (χ0v) is 18.7. The molecule has 0 amide bonds. The van der Waals surface area contributed by atoms with Crippen LogP contribution in [0.2, 0.25) is 0 Å². The highest BCUT2D eigenvalue weighted by molar-refractivity contribution is 7.80. The number of para-hydroxylation sites is 1. The third-order valence-corrected chi connectivity index (χ3v) is 6.11. The maximum Gasteiger partial charge on any atom is 0.339 e. The summed E-state index contributed by atoms with van der Waals surface area (Å²) in [6.07, 6.45) is 5.37. The lowest BCUT2D eigenvalue weighted by atomic mass is 10.0. The van der Waals surface area contributed by atoms with E-state index in [1.54, 1.807) is 18.5 Å². The van der Waals surface area contributed by atoms with Crippen molar-refractivity contribution < 1.29 is 13.9 Å². The van der Waals surface area contributed by atoms with E-state index < -0.39 is 0 Å². The van der Waals surface area contributed by atoms with E-state index in [0.717, 1.165) is 22.8 Å². The molecule has 7 nitrogen and oxygen atoms in total. The Kier molecular flexibility index (Phi) is 5.66. The fourth-order valence-corrected chi connectivity index (χ4v) is 4.59. The van der Waals surface area contributed by atoms with Crippen LogP contribution in [0, 0.1) is 0 Å². The quantitative estimate of drug-likeness (QED) is 0.339. The van der Waals surface area contributed by atoms with Crippen LogP contribution in [0.15, 0.2) is 89.8 Å². The molecule has 0 bridgehead atoms. The lowest BCUT2D eigenvalue weighted by molar-refractivity contribution is 0.0600. The van der Waals surface area contributed by atoms with Crippen LogP contribution in [-0.2, 0) is 11.3 Å². The smallest absolute Gasteiger partial charge is 0.339 e. The molecule has 1 N–H and O–H groups in total. The van der Waals surface area contributed by atoms with Gasteiger partial charge in [-0.05, 0) is 60.7 Å². The van der Waals surface area contributed by atoms with Crippen molar-refractivity contribution in [3.63, 3.8) is 0 Å². The number of esters is 1. The third kappa shape index (κ3) is 3.89. The molecule has 2 atom stereocenters. The van der Waals surface area contributed by atoms with E-state index in [0.29, 0.717) is 17.2 Å². The Morgan fingerprint density at radius 1 is 1.12 bits per heavy atom. The van der Waals surface area contributed by atoms with Crippen molar-refractivity contribution in [2.75, 3.05) is 7.11 Å². The molecule has 5 rings (SSSR count). The number of hydrogen-bond donors (Lipinski definition) is 1. The zero-order valence-electron chi connectivity index (χ0n) is 17.9. The summed E-state index contributed by atoms with van der Waals surface area (Å²) in [4.78, 5) is 19.2. The van der Waals surface area contributed by atoms with E-state index in [-0.39, 0.29) is 18.1 Å². The molecular formula is C25H22N4O3S. The van der Waals surface area contributed by atoms with Crippen LogP contribution in [-0.4, -0.2) is 32.6 Å². The van der Waals surface area contributed by atoms with Crippen LogP contribution in [0.1, 0.15) is 39.6 Å². The first-order valence-corrected chi connectivity index (χ1v) is 10.9. The molecule has 1 aliphatic heterocycles. The average Bonchev–Trinajstić information content (AvgIpc) is 3.60. The number of carbonyl (C=O) groups is 1. The third-order valence-electron chi connectivity index (χ3n) is 5.76. The highest BCUT2D eigenvalue weighted by atomic mass is 32.1. The number of aromatic nitrogens is 2. The van der Waals surface area contributed by atoms with Gasteiger partial charge in [0.15, 0.2) is 5.11 Å². The summed E-state index contributed by atoms with van der Waals surface area (Å²) in [6.45, 7) is 0.497. The van der Waals surface area contributed by atoms with Gasteiger partial charge in [-0.3, -0.25) is 4.98 Å². The molecule has 0 unspecified atom stereocenters. The van der Waals surface area contributed by atoms with Gasteiger partial charge in [-0.2, -0.15) is 0 Å². The van der Waals surface area contributed by atoms with Crippen LogP contribution in [0.4, 0.5) is 0 Å². The first kappa shape index (κ1) is 21.0. The van der Waals surface area contributed by atoms with Crippen molar-refractivity contribution >= 4 is 23.3 Å². The number of pyridine rings is 1. The Morgan fingerprint density at radius 3 is 2.73 bits per heavy atom. The van der Waals surface area contributed by atoms with Crippen molar-refractivity contribution in [2.24, 2.45) is 0 Å². The minimum absolute atomic E-state index is 0.187. The molecule has 0 saturated carbocycles. The number of hydrogen-bond acceptors (Lipinski definition) is 5. The topological polar surface area (TPSA) is 72.5 Å². The van der Waals surface area contributed by atoms with E-state index in [4.69, 9.17) is 21.4 Å². The zero-order chi connectivity index (χ0) is 22.8. The lowest BCUT2D eigenvalue weighted by Crippen LogP contribution is -2.30. The summed E-state index contributed by atoms with van der Waals surface area (Å²) in [5, 5.41) is 4.06. The van der Waals surface area contributed by atoms with E-state index >= 15 is 0 Å². The van der Waals surface area contributed by atoms with Crippen LogP contribution in [0.25, 0.3) is 5.69 Å². The maximum atomic E-state index is 12.5. The summed E-state index contributed by atoms with van der Waals surface area (Å²) < 4.78 is 12.7. The molecule has 166 valence electrons. The number of nitrogens with one attached hydrogen (secondary N) is 1. The van der Waals surface area contributed by atoms with Crippen molar-refractivity contribution in [1.29, 1.82) is 0 Å². The molecule has 1 saturated heterocycles. The predicted molar refractivity (Wildman–Crippen MR) is 127 cm³/mol. The van der Waals surface area contributed by atoms with Gasteiger partial charge in [-0.15, -0.1) is 0 Å². The molecule has 0 spiro atoms. The van der Waals surface area contributed by atoms with Gasteiger partial charge in [0.2, 0.25) is 0 Å². The van der Waals surface area contributed by atoms with Gasteiger partial charge in [0.25, 0.3) is 0 Å². The van der Waals surface area contributed by atoms with Gasteiger partial charge in [-0.1, -0.05) is 18.2 Å². The second-order valence-corrected chi connectivity index (χ2v) is 8.03. The van der Waals surface area contributed by atoms with Gasteiger partial charge in [0.05, 0.1) is 48.9 Å². The van der Waals surface area contributed by atoms with Gasteiger partial charge in [0, 0.05) is 18.1 Å². The van der Waals surface area contributed by atoms with Crippen molar-refractivity contribution in [3.8, 4) is 5.69 Å². The molecule has 33 heavy (non-hydrogen) atoms. The Bertz CT molecular complexity index is 1270. The normalized spacial score (nSPS) is 17.7. The Balaban J connectivity index is 1.63. The molecule has 1 fully saturated rings. The molecule has 3 aromatic heterocycles. The number of nitrogens with zero attached hydrogens (tertiary/aromatic N) is 3. The minimum Gasteiger partial charge on any atom is -0.467 e. The Morgan fingerprint density at radius 2 is 1.97 bits per heavy atom. The standard InChI is InChI=1S/C25H22N4O3S/c1-31-24(30)18-9-2-3-11-20(18)28-14-6-12-21(28)23-22(19-10-4-5-13-26-19)27-25(33)29(23)16-17-8-7-15-32-17/h2-15,22-23H,16H2,1H3,(H,27,33)/t22-,23-/m1/s1. The molecule has 0 radical (unpaired) electrons. The molecule has 1 aromatic carbocycles. The fourth-order valence-electron chi connectivity index (χ4n) is 4.29. The lowest BCUT2D eigenvalue weighted by Gasteiger charge is -2.28. The summed E-state index contributed by atoms with van der Waals surface area (Å²) in [5.41, 5.74) is 3.06.